The van der Waals surface area contributed by atoms with Gasteiger partial charge in [0.2, 0.25) is 16.6 Å². The molecule has 0 fully saturated rings. The Morgan fingerprint density at radius 1 is 0.731 bits per heavy atom. The van der Waals surface area contributed by atoms with Crippen LogP contribution in [0.3, 0.4) is 0 Å². The molecule has 0 saturated carbocycles. The number of rotatable bonds is 0. The highest BCUT2D eigenvalue weighted by molar-refractivity contribution is 7.03. The second-order valence-electron chi connectivity index (χ2n) is 8.54. The van der Waals surface area contributed by atoms with Crippen LogP contribution in [-0.4, -0.2) is 30.2 Å². The van der Waals surface area contributed by atoms with Gasteiger partial charge in [-0.05, 0) is 80.0 Å². The highest BCUT2D eigenvalue weighted by Crippen LogP contribution is 2.27. The van der Waals surface area contributed by atoms with Crippen molar-refractivity contribution in [1.29, 1.82) is 0 Å². The molecular weight excluding hydrogens is 394 g/mol. The van der Waals surface area contributed by atoms with E-state index in [9.17, 15) is 0 Å². The molecule has 1 aromatic heterocycles. The molecule has 0 saturated heterocycles. The third-order valence-corrected chi connectivity index (χ3v) is 16.9. The van der Waals surface area contributed by atoms with E-state index >= 15 is 0 Å². The molecule has 1 aliphatic heterocycles. The van der Waals surface area contributed by atoms with E-state index in [0.29, 0.717) is 0 Å². The zero-order valence-corrected chi connectivity index (χ0v) is 19.9. The van der Waals surface area contributed by atoms with Crippen LogP contribution in [0, 0.1) is 0 Å². The number of pyridine rings is 1. The van der Waals surface area contributed by atoms with Crippen LogP contribution in [0.25, 0.3) is 21.8 Å². The van der Waals surface area contributed by atoms with Gasteiger partial charge < -0.3 is 8.23 Å². The Morgan fingerprint density at radius 3 is 1.96 bits per heavy atom. The van der Waals surface area contributed by atoms with Crippen LogP contribution in [0.1, 0.15) is 0 Å². The summed E-state index contributed by atoms with van der Waals surface area (Å²) in [6.45, 7) is 13.5. The van der Waals surface area contributed by atoms with Gasteiger partial charge in [0.05, 0.1) is 11.0 Å². The standard InChI is InChI=1S/C19H24ClNO2Si3/c1-24(2)18-11-14-9-13-10-15(20)7-8-16(13)21-17(14)12-19(18)25(3,4)23-26(5,6)22-24/h7-12H,1-6H3. The van der Waals surface area contributed by atoms with Crippen molar-refractivity contribution >= 4 is 69.0 Å². The number of hydrogen-bond acceptors (Lipinski definition) is 3. The third kappa shape index (κ3) is 3.08. The molecule has 3 aromatic rings. The van der Waals surface area contributed by atoms with Crippen molar-refractivity contribution in [2.75, 3.05) is 0 Å². The molecule has 2 heterocycles. The lowest BCUT2D eigenvalue weighted by molar-refractivity contribution is 0.405. The molecule has 0 N–H and O–H groups in total. The summed E-state index contributed by atoms with van der Waals surface area (Å²) in [5.41, 5.74) is 1.99. The number of nitrogens with zero attached hydrogens (tertiary/aromatic N) is 1. The maximum absolute atomic E-state index is 6.65. The predicted octanol–water partition coefficient (Wildman–Crippen LogP) is 4.61. The summed E-state index contributed by atoms with van der Waals surface area (Å²) in [5.74, 6) is 0. The van der Waals surface area contributed by atoms with E-state index in [0.717, 1.165) is 26.8 Å². The molecule has 0 atom stereocenters. The van der Waals surface area contributed by atoms with Crippen molar-refractivity contribution in [2.24, 2.45) is 0 Å². The van der Waals surface area contributed by atoms with E-state index in [4.69, 9.17) is 24.8 Å². The summed E-state index contributed by atoms with van der Waals surface area (Å²) < 4.78 is 13.3. The van der Waals surface area contributed by atoms with Crippen LogP contribution >= 0.6 is 11.6 Å². The first-order chi connectivity index (χ1) is 12.0. The van der Waals surface area contributed by atoms with Gasteiger partial charge in [-0.1, -0.05) is 17.7 Å². The monoisotopic (exact) mass is 417 g/mol. The van der Waals surface area contributed by atoms with E-state index in [2.05, 4.69) is 57.5 Å². The van der Waals surface area contributed by atoms with E-state index < -0.39 is 25.2 Å². The van der Waals surface area contributed by atoms with Crippen LogP contribution in [0.5, 0.6) is 0 Å². The molecule has 0 radical (unpaired) electrons. The highest BCUT2D eigenvalue weighted by atomic mass is 35.5. The number of hydrogen-bond donors (Lipinski definition) is 0. The van der Waals surface area contributed by atoms with Gasteiger partial charge in [-0.2, -0.15) is 0 Å². The fourth-order valence-electron chi connectivity index (χ4n) is 4.21. The first kappa shape index (κ1) is 18.3. The highest BCUT2D eigenvalue weighted by Gasteiger charge is 2.47. The SMILES string of the molecule is C[Si]1(C)O[Si](C)(C)c2cc3cc4cc(Cl)ccc4nc3cc2[Si](C)(C)O1. The van der Waals surface area contributed by atoms with Crippen LogP contribution < -0.4 is 10.4 Å². The Morgan fingerprint density at radius 2 is 1.31 bits per heavy atom. The first-order valence-electron chi connectivity index (χ1n) is 8.92. The Kier molecular flexibility index (Phi) is 4.04. The number of halogens is 1. The Bertz CT molecular complexity index is 1050. The molecule has 0 aliphatic carbocycles. The largest absolute Gasteiger partial charge is 0.433 e. The molecule has 7 heteroatoms. The van der Waals surface area contributed by atoms with E-state index in [1.54, 1.807) is 0 Å². The van der Waals surface area contributed by atoms with Crippen LogP contribution in [-0.2, 0) is 8.23 Å². The zero-order valence-electron chi connectivity index (χ0n) is 16.1. The molecule has 1 aliphatic rings. The summed E-state index contributed by atoms with van der Waals surface area (Å²) in [5, 5.41) is 5.67. The molecule has 0 amide bonds. The predicted molar refractivity (Wildman–Crippen MR) is 118 cm³/mol. The lowest BCUT2D eigenvalue weighted by Crippen LogP contribution is -2.57. The average Bonchev–Trinajstić information content (AvgIpc) is 2.53. The average molecular weight is 418 g/mol. The van der Waals surface area contributed by atoms with Crippen molar-refractivity contribution in [3.8, 4) is 0 Å². The summed E-state index contributed by atoms with van der Waals surface area (Å²) >= 11 is 6.17. The lowest BCUT2D eigenvalue weighted by atomic mass is 10.1. The minimum absolute atomic E-state index is 0.737. The fraction of sp³-hybridized carbons (Fsp3) is 0.316. The molecule has 0 unspecified atom stereocenters. The quantitative estimate of drug-likeness (QED) is 0.395. The Hall–Kier alpha value is -1.03. The summed E-state index contributed by atoms with van der Waals surface area (Å²) in [6.07, 6.45) is 0. The van der Waals surface area contributed by atoms with Gasteiger partial charge in [0.25, 0.3) is 0 Å². The first-order valence-corrected chi connectivity index (χ1v) is 17.9. The minimum Gasteiger partial charge on any atom is -0.433 e. The summed E-state index contributed by atoms with van der Waals surface area (Å²) in [7, 11) is -6.29. The number of fused-ring (bicyclic) bond motifs is 3. The van der Waals surface area contributed by atoms with Crippen LogP contribution in [0.15, 0.2) is 36.4 Å². The smallest absolute Gasteiger partial charge is 0.311 e. The third-order valence-electron chi connectivity index (χ3n) is 5.01. The molecule has 0 bridgehead atoms. The minimum atomic E-state index is -2.15. The lowest BCUT2D eigenvalue weighted by Gasteiger charge is -2.33. The van der Waals surface area contributed by atoms with E-state index in [1.807, 2.05) is 18.2 Å². The molecule has 4 rings (SSSR count). The van der Waals surface area contributed by atoms with Crippen molar-refractivity contribution in [3.63, 3.8) is 0 Å². The van der Waals surface area contributed by atoms with Gasteiger partial charge in [0.1, 0.15) is 0 Å². The van der Waals surface area contributed by atoms with Gasteiger partial charge in [-0.15, -0.1) is 0 Å². The topological polar surface area (TPSA) is 31.4 Å². The van der Waals surface area contributed by atoms with Gasteiger partial charge in [-0.25, -0.2) is 4.98 Å². The summed E-state index contributed by atoms with van der Waals surface area (Å²) in [4.78, 5) is 4.90. The molecule has 3 nitrogen and oxygen atoms in total. The molecule has 26 heavy (non-hydrogen) atoms. The molecular formula is C19H24ClNO2Si3. The maximum atomic E-state index is 6.65. The Labute approximate surface area is 162 Å². The fourth-order valence-corrected chi connectivity index (χ4v) is 19.9. The summed E-state index contributed by atoms with van der Waals surface area (Å²) in [6, 6.07) is 12.6. The number of aromatic nitrogens is 1. The van der Waals surface area contributed by atoms with E-state index in [-0.39, 0.29) is 0 Å². The van der Waals surface area contributed by atoms with Crippen molar-refractivity contribution in [1.82, 2.24) is 4.98 Å². The van der Waals surface area contributed by atoms with Gasteiger partial charge in [-0.3, -0.25) is 0 Å². The second kappa shape index (κ2) is 5.73. The molecule has 136 valence electrons. The van der Waals surface area contributed by atoms with Crippen LogP contribution in [0.4, 0.5) is 0 Å². The van der Waals surface area contributed by atoms with Gasteiger partial charge in [0, 0.05) is 15.8 Å². The second-order valence-corrected chi connectivity index (χ2v) is 20.5. The van der Waals surface area contributed by atoms with E-state index in [1.165, 1.54) is 10.4 Å². The Balaban J connectivity index is 2.05. The molecule has 2 aromatic carbocycles. The zero-order chi connectivity index (χ0) is 18.9. The van der Waals surface area contributed by atoms with Crippen molar-refractivity contribution in [2.45, 2.75) is 39.3 Å². The van der Waals surface area contributed by atoms with Gasteiger partial charge >= 0.3 is 8.56 Å². The molecule has 0 spiro atoms. The van der Waals surface area contributed by atoms with Crippen LogP contribution in [0.2, 0.25) is 44.3 Å². The maximum Gasteiger partial charge on any atom is 0.311 e. The normalized spacial score (nSPS) is 20.7. The number of benzene rings is 2. The van der Waals surface area contributed by atoms with Crippen molar-refractivity contribution < 1.29 is 8.23 Å². The van der Waals surface area contributed by atoms with Gasteiger partial charge in [0.15, 0.2) is 0 Å². The van der Waals surface area contributed by atoms with Crippen molar-refractivity contribution in [3.05, 3.63) is 41.4 Å².